The molecular weight excluding hydrogens is 134 g/mol. The lowest BCUT2D eigenvalue weighted by Crippen LogP contribution is -2.51. The summed E-state index contributed by atoms with van der Waals surface area (Å²) in [4.78, 5) is 0. The number of hydrogen-bond donors (Lipinski definition) is 1. The van der Waals surface area contributed by atoms with Crippen LogP contribution in [-0.4, -0.2) is 12.1 Å². The van der Waals surface area contributed by atoms with Crippen molar-refractivity contribution >= 4 is 0 Å². The molecule has 0 heterocycles. The fraction of sp³-hybridized carbons (Fsp3) is 1.00. The van der Waals surface area contributed by atoms with Gasteiger partial charge in [-0.15, -0.1) is 0 Å². The van der Waals surface area contributed by atoms with Crippen molar-refractivity contribution < 1.29 is 0 Å². The predicted octanol–water partition coefficient (Wildman–Crippen LogP) is 2.17. The van der Waals surface area contributed by atoms with E-state index in [0.29, 0.717) is 0 Å². The third-order valence-electron chi connectivity index (χ3n) is 3.44. The molecule has 1 nitrogen and oxygen atoms in total. The second-order valence-electron chi connectivity index (χ2n) is 4.60. The van der Waals surface area contributed by atoms with E-state index in [9.17, 15) is 0 Å². The molecule has 2 rings (SSSR count). The first-order chi connectivity index (χ1) is 5.25. The fourth-order valence-electron chi connectivity index (χ4n) is 2.26. The van der Waals surface area contributed by atoms with Gasteiger partial charge in [-0.25, -0.2) is 0 Å². The van der Waals surface area contributed by atoms with Crippen molar-refractivity contribution in [3.63, 3.8) is 0 Å². The van der Waals surface area contributed by atoms with Gasteiger partial charge in [0.25, 0.3) is 0 Å². The highest BCUT2D eigenvalue weighted by Gasteiger charge is 2.32. The van der Waals surface area contributed by atoms with E-state index < -0.39 is 0 Å². The van der Waals surface area contributed by atoms with E-state index in [0.717, 1.165) is 23.9 Å². The summed E-state index contributed by atoms with van der Waals surface area (Å²) in [7, 11) is 0. The first-order valence-corrected chi connectivity index (χ1v) is 5.01. The molecule has 0 aliphatic heterocycles. The van der Waals surface area contributed by atoms with Crippen LogP contribution in [0.5, 0.6) is 0 Å². The van der Waals surface area contributed by atoms with Crippen molar-refractivity contribution in [1.82, 2.24) is 5.32 Å². The van der Waals surface area contributed by atoms with Gasteiger partial charge in [0, 0.05) is 12.1 Å². The highest BCUT2D eigenvalue weighted by Crippen LogP contribution is 2.32. The van der Waals surface area contributed by atoms with Gasteiger partial charge in [0.1, 0.15) is 0 Å². The lowest BCUT2D eigenvalue weighted by atomic mass is 9.76. The van der Waals surface area contributed by atoms with Crippen molar-refractivity contribution in [1.29, 1.82) is 0 Å². The van der Waals surface area contributed by atoms with E-state index in [1.807, 2.05) is 0 Å². The maximum absolute atomic E-state index is 3.73. The van der Waals surface area contributed by atoms with Gasteiger partial charge in [0.2, 0.25) is 0 Å². The monoisotopic (exact) mass is 153 g/mol. The quantitative estimate of drug-likeness (QED) is 0.641. The summed E-state index contributed by atoms with van der Waals surface area (Å²) in [6.07, 6.45) is 5.71. The van der Waals surface area contributed by atoms with Crippen LogP contribution in [0.3, 0.4) is 0 Å². The van der Waals surface area contributed by atoms with Gasteiger partial charge < -0.3 is 5.32 Å². The Bertz CT molecular complexity index is 138. The largest absolute Gasteiger partial charge is 0.311 e. The van der Waals surface area contributed by atoms with Crippen LogP contribution in [-0.2, 0) is 0 Å². The van der Waals surface area contributed by atoms with Crippen LogP contribution in [0.4, 0.5) is 0 Å². The molecule has 2 aliphatic rings. The molecule has 0 spiro atoms. The molecule has 0 amide bonds. The topological polar surface area (TPSA) is 12.0 Å². The molecule has 2 aliphatic carbocycles. The zero-order valence-corrected chi connectivity index (χ0v) is 7.64. The van der Waals surface area contributed by atoms with Crippen LogP contribution in [0, 0.1) is 11.8 Å². The van der Waals surface area contributed by atoms with Crippen LogP contribution in [0.25, 0.3) is 0 Å². The third kappa shape index (κ3) is 1.44. The molecule has 2 saturated carbocycles. The summed E-state index contributed by atoms with van der Waals surface area (Å²) in [6, 6.07) is 1.74. The number of rotatable bonds is 2. The number of nitrogens with one attached hydrogen (secondary N) is 1. The molecule has 11 heavy (non-hydrogen) atoms. The first kappa shape index (κ1) is 7.60. The summed E-state index contributed by atoms with van der Waals surface area (Å²) in [6.45, 7) is 4.71. The minimum absolute atomic E-state index is 0.868. The smallest absolute Gasteiger partial charge is 0.00954 e. The maximum atomic E-state index is 3.73. The van der Waals surface area contributed by atoms with Gasteiger partial charge in [0.15, 0.2) is 0 Å². The molecule has 2 fully saturated rings. The molecular formula is C10H19N. The summed E-state index contributed by atoms with van der Waals surface area (Å²) in [5, 5.41) is 3.73. The Labute approximate surface area is 69.6 Å². The van der Waals surface area contributed by atoms with E-state index in [1.165, 1.54) is 25.7 Å². The average Bonchev–Trinajstić information content (AvgIpc) is 1.92. The Morgan fingerprint density at radius 2 is 1.82 bits per heavy atom. The Morgan fingerprint density at radius 3 is 2.18 bits per heavy atom. The molecule has 1 heteroatoms. The second kappa shape index (κ2) is 2.78. The standard InChI is InChI=1S/C10H19N/c1-7-5-9(6-7)11-10-4-3-8(10)2/h7-11H,3-6H2,1-2H3. The molecule has 2 atom stereocenters. The van der Waals surface area contributed by atoms with Gasteiger partial charge in [-0.05, 0) is 37.5 Å². The highest BCUT2D eigenvalue weighted by atomic mass is 15.0. The Balaban J connectivity index is 1.67. The Kier molecular flexibility index (Phi) is 1.92. The summed E-state index contributed by atoms with van der Waals surface area (Å²) < 4.78 is 0. The molecule has 0 bridgehead atoms. The zero-order chi connectivity index (χ0) is 7.84. The SMILES string of the molecule is CC1CC(NC2CCC2C)C1. The van der Waals surface area contributed by atoms with Gasteiger partial charge in [0.05, 0.1) is 0 Å². The van der Waals surface area contributed by atoms with E-state index >= 15 is 0 Å². The summed E-state index contributed by atoms with van der Waals surface area (Å²) in [5.74, 6) is 1.94. The second-order valence-corrected chi connectivity index (χ2v) is 4.60. The van der Waals surface area contributed by atoms with Gasteiger partial charge in [-0.2, -0.15) is 0 Å². The van der Waals surface area contributed by atoms with Gasteiger partial charge in [-0.1, -0.05) is 13.8 Å². The molecule has 1 N–H and O–H groups in total. The van der Waals surface area contributed by atoms with Crippen LogP contribution in [0.2, 0.25) is 0 Å². The van der Waals surface area contributed by atoms with Crippen molar-refractivity contribution in [3.05, 3.63) is 0 Å². The van der Waals surface area contributed by atoms with Crippen molar-refractivity contribution in [2.45, 2.75) is 51.6 Å². The van der Waals surface area contributed by atoms with Crippen molar-refractivity contribution in [2.24, 2.45) is 11.8 Å². The van der Waals surface area contributed by atoms with Crippen molar-refractivity contribution in [2.75, 3.05) is 0 Å². The lowest BCUT2D eigenvalue weighted by molar-refractivity contribution is 0.149. The minimum Gasteiger partial charge on any atom is -0.311 e. The lowest BCUT2D eigenvalue weighted by Gasteiger charge is -2.42. The molecule has 64 valence electrons. The first-order valence-electron chi connectivity index (χ1n) is 5.01. The van der Waals surface area contributed by atoms with E-state index in [4.69, 9.17) is 0 Å². The Morgan fingerprint density at radius 1 is 1.09 bits per heavy atom. The Hall–Kier alpha value is -0.0400. The van der Waals surface area contributed by atoms with Crippen molar-refractivity contribution in [3.8, 4) is 0 Å². The predicted molar refractivity (Wildman–Crippen MR) is 47.5 cm³/mol. The highest BCUT2D eigenvalue weighted by molar-refractivity contribution is 4.91. The van der Waals surface area contributed by atoms with Crippen LogP contribution < -0.4 is 5.32 Å². The molecule has 2 unspecified atom stereocenters. The van der Waals surface area contributed by atoms with Crippen LogP contribution in [0.1, 0.15) is 39.5 Å². The van der Waals surface area contributed by atoms with Crippen LogP contribution >= 0.6 is 0 Å². The number of hydrogen-bond acceptors (Lipinski definition) is 1. The fourth-order valence-corrected chi connectivity index (χ4v) is 2.26. The molecule has 0 aromatic rings. The molecule has 0 saturated heterocycles. The zero-order valence-electron chi connectivity index (χ0n) is 7.64. The normalized spacial score (nSPS) is 49.6. The van der Waals surface area contributed by atoms with E-state index in [-0.39, 0.29) is 0 Å². The maximum Gasteiger partial charge on any atom is 0.00954 e. The van der Waals surface area contributed by atoms with Gasteiger partial charge >= 0.3 is 0 Å². The summed E-state index contributed by atoms with van der Waals surface area (Å²) in [5.41, 5.74) is 0. The van der Waals surface area contributed by atoms with Crippen LogP contribution in [0.15, 0.2) is 0 Å². The third-order valence-corrected chi connectivity index (χ3v) is 3.44. The summed E-state index contributed by atoms with van der Waals surface area (Å²) >= 11 is 0. The van der Waals surface area contributed by atoms with E-state index in [1.54, 1.807) is 0 Å². The molecule has 0 aromatic heterocycles. The minimum atomic E-state index is 0.868. The average molecular weight is 153 g/mol. The molecule has 0 aromatic carbocycles. The molecule has 0 radical (unpaired) electrons. The van der Waals surface area contributed by atoms with E-state index in [2.05, 4.69) is 19.2 Å². The van der Waals surface area contributed by atoms with Gasteiger partial charge in [-0.3, -0.25) is 0 Å².